The van der Waals surface area contributed by atoms with Crippen LogP contribution in [0.5, 0.6) is 0 Å². The minimum absolute atomic E-state index is 0.204. The first-order valence-electron chi connectivity index (χ1n) is 27.4. The minimum Gasteiger partial charge on any atom is -0.309 e. The molecule has 0 heterocycles. The average Bonchev–Trinajstić information content (AvgIpc) is 3.61. The van der Waals surface area contributed by atoms with E-state index in [4.69, 9.17) is 0 Å². The Balaban J connectivity index is 0.000000129. The monoisotopic (exact) mass is 1070 g/mol. The molecule has 5 heteroatoms. The summed E-state index contributed by atoms with van der Waals surface area (Å²) >= 11 is 0. The van der Waals surface area contributed by atoms with E-state index in [2.05, 4.69) is 206 Å². The van der Waals surface area contributed by atoms with Crippen LogP contribution >= 0.6 is 15.1 Å². The number of hydrogen-bond acceptors (Lipinski definition) is 1. The van der Waals surface area contributed by atoms with Gasteiger partial charge in [0, 0.05) is 15.9 Å². The summed E-state index contributed by atoms with van der Waals surface area (Å²) < 4.78 is 44.6. The van der Waals surface area contributed by atoms with Crippen molar-refractivity contribution in [3.63, 3.8) is 0 Å². The summed E-state index contributed by atoms with van der Waals surface area (Å²) in [5, 5.41) is 34.9. The maximum absolute atomic E-state index is 16.1. The number of rotatable bonds is 6. The fourth-order valence-corrected chi connectivity index (χ4v) is 19.4. The van der Waals surface area contributed by atoms with Gasteiger partial charge in [0.15, 0.2) is 7.14 Å². The third-order valence-electron chi connectivity index (χ3n) is 17.5. The molecule has 0 bridgehead atoms. The predicted octanol–water partition coefficient (Wildman–Crippen LogP) is 18.6. The molecule has 0 saturated carbocycles. The summed E-state index contributed by atoms with van der Waals surface area (Å²) in [6.07, 6.45) is 0. The van der Waals surface area contributed by atoms with Crippen LogP contribution in [-0.2, 0) is 4.57 Å². The highest BCUT2D eigenvalue weighted by Crippen LogP contribution is 2.50. The molecule has 81 heavy (non-hydrogen) atoms. The van der Waals surface area contributed by atoms with E-state index < -0.39 is 15.1 Å². The van der Waals surface area contributed by atoms with E-state index in [0.717, 1.165) is 69.8 Å². The van der Waals surface area contributed by atoms with E-state index in [1.54, 1.807) is 24.3 Å². The van der Waals surface area contributed by atoms with Crippen LogP contribution in [0.25, 0.3) is 129 Å². The molecule has 18 aromatic rings. The van der Waals surface area contributed by atoms with Gasteiger partial charge in [0.05, 0.1) is 0 Å². The van der Waals surface area contributed by atoms with Crippen LogP contribution in [0.1, 0.15) is 0 Å². The third kappa shape index (κ3) is 6.84. The van der Waals surface area contributed by atoms with Crippen LogP contribution in [-0.4, -0.2) is 0 Å². The molecule has 0 aliphatic heterocycles. The Bertz CT molecular complexity index is 5230. The zero-order chi connectivity index (χ0) is 53.7. The molecule has 0 unspecified atom stereocenters. The zero-order valence-electron chi connectivity index (χ0n) is 43.5. The van der Waals surface area contributed by atoms with Crippen molar-refractivity contribution >= 4 is 176 Å². The topological polar surface area (TPSA) is 17.1 Å². The van der Waals surface area contributed by atoms with Crippen LogP contribution in [0.4, 0.5) is 8.78 Å². The van der Waals surface area contributed by atoms with Crippen LogP contribution < -0.4 is 31.8 Å². The van der Waals surface area contributed by atoms with Gasteiger partial charge in [0.1, 0.15) is 11.6 Å². The molecule has 0 fully saturated rings. The first kappa shape index (κ1) is 46.5. The Morgan fingerprint density at radius 2 is 0.506 bits per heavy atom. The molecule has 0 atom stereocenters. The fourth-order valence-electron chi connectivity index (χ4n) is 13.9. The molecule has 0 aliphatic rings. The van der Waals surface area contributed by atoms with Crippen molar-refractivity contribution in [2.45, 2.75) is 0 Å². The molecule has 0 N–H and O–H groups in total. The van der Waals surface area contributed by atoms with Crippen molar-refractivity contribution in [2.75, 3.05) is 0 Å². The lowest BCUT2D eigenvalue weighted by atomic mass is 9.94. The highest BCUT2D eigenvalue weighted by Gasteiger charge is 2.35. The second-order valence-electron chi connectivity index (χ2n) is 21.7. The van der Waals surface area contributed by atoms with Crippen LogP contribution in [0.15, 0.2) is 267 Å². The molecule has 0 aliphatic carbocycles. The number of hydrogen-bond donors (Lipinski definition) is 0. The summed E-state index contributed by atoms with van der Waals surface area (Å²) in [6, 6.07) is 91.8. The van der Waals surface area contributed by atoms with E-state index in [9.17, 15) is 8.78 Å². The maximum atomic E-state index is 16.1. The van der Waals surface area contributed by atoms with E-state index in [1.165, 1.54) is 98.1 Å². The van der Waals surface area contributed by atoms with E-state index >= 15 is 4.57 Å². The zero-order valence-corrected chi connectivity index (χ0v) is 45.3. The molecular weight excluding hydrogens is 1030 g/mol. The highest BCUT2D eigenvalue weighted by atomic mass is 31.2. The third-order valence-corrected chi connectivity index (χ3v) is 23.2. The molecular formula is C76H44F2OP2. The van der Waals surface area contributed by atoms with Gasteiger partial charge < -0.3 is 4.57 Å². The van der Waals surface area contributed by atoms with Gasteiger partial charge >= 0.3 is 0 Å². The average molecular weight is 1070 g/mol. The molecule has 18 aromatic carbocycles. The largest absolute Gasteiger partial charge is 0.309 e. The molecule has 0 saturated heterocycles. The number of benzene rings is 18. The van der Waals surface area contributed by atoms with Crippen LogP contribution in [0, 0.1) is 11.6 Å². The van der Waals surface area contributed by atoms with Crippen LogP contribution in [0.3, 0.4) is 0 Å². The predicted molar refractivity (Wildman–Crippen MR) is 346 cm³/mol. The van der Waals surface area contributed by atoms with Crippen LogP contribution in [0.2, 0.25) is 0 Å². The molecule has 0 radical (unpaired) electrons. The Hall–Kier alpha value is -9.36. The molecule has 18 rings (SSSR count). The first-order valence-corrected chi connectivity index (χ1v) is 30.5. The fraction of sp³-hybridized carbons (Fsp3) is 0. The lowest BCUT2D eigenvalue weighted by Gasteiger charge is -2.25. The quantitative estimate of drug-likeness (QED) is 0.120. The van der Waals surface area contributed by atoms with Gasteiger partial charge in [-0.3, -0.25) is 0 Å². The van der Waals surface area contributed by atoms with Crippen molar-refractivity contribution in [1.82, 2.24) is 0 Å². The Kier molecular flexibility index (Phi) is 10.1. The van der Waals surface area contributed by atoms with Gasteiger partial charge in [-0.2, -0.15) is 0 Å². The smallest absolute Gasteiger partial charge is 0.172 e. The second kappa shape index (κ2) is 17.6. The van der Waals surface area contributed by atoms with Gasteiger partial charge in [0.25, 0.3) is 0 Å². The van der Waals surface area contributed by atoms with Gasteiger partial charge in [-0.25, -0.2) is 8.78 Å². The lowest BCUT2D eigenvalue weighted by Crippen LogP contribution is -2.26. The highest BCUT2D eigenvalue weighted by molar-refractivity contribution is 7.86. The van der Waals surface area contributed by atoms with Crippen molar-refractivity contribution in [1.29, 1.82) is 0 Å². The molecule has 378 valence electrons. The molecule has 0 amide bonds. The normalized spacial score (nSPS) is 12.5. The Labute approximate surface area is 465 Å². The standard InChI is InChI=1S/C38H22FOP.C38H22FP/c39-29-15-17-30(18-16-29)41(40,33-21-13-27-9-7-23-3-1-5-25-11-19-31(33)37(27)35(23)25)34-22-14-28-10-8-24-4-2-6-26-12-20-32(34)38(28)36(24)26;39-29-15-17-30(18-16-29)40(33-21-13-27-9-7-23-3-1-5-25-11-19-31(33)37(27)35(23)25)34-22-14-28-10-8-24-4-2-6-26-12-20-32(34)38(28)36(24)26/h1-22H;1-22H. The Morgan fingerprint density at radius 3 is 0.852 bits per heavy atom. The summed E-state index contributed by atoms with van der Waals surface area (Å²) in [5.41, 5.74) is 0. The van der Waals surface area contributed by atoms with Gasteiger partial charge in [0.2, 0.25) is 0 Å². The SMILES string of the molecule is Fc1ccc(P(c2ccc3ccc4cccc5ccc2c3c45)c2ccc3ccc4cccc5ccc2c3c45)cc1.O=P(c1ccc(F)cc1)(c1ccc2ccc3cccc4ccc1c2c34)c1ccc2ccc3cccc4ccc1c2c34. The maximum Gasteiger partial charge on any atom is 0.172 e. The summed E-state index contributed by atoms with van der Waals surface area (Å²) in [5.74, 6) is -0.546. The minimum atomic E-state index is -3.48. The Morgan fingerprint density at radius 1 is 0.247 bits per heavy atom. The van der Waals surface area contributed by atoms with E-state index in [1.807, 2.05) is 24.3 Å². The summed E-state index contributed by atoms with van der Waals surface area (Å²) in [7, 11) is -4.46. The summed E-state index contributed by atoms with van der Waals surface area (Å²) in [4.78, 5) is 0. The number of halogens is 2. The lowest BCUT2D eigenvalue weighted by molar-refractivity contribution is 0.592. The molecule has 0 spiro atoms. The van der Waals surface area contributed by atoms with Crippen molar-refractivity contribution in [2.24, 2.45) is 0 Å². The van der Waals surface area contributed by atoms with Crippen molar-refractivity contribution in [3.8, 4) is 0 Å². The molecule has 0 aromatic heterocycles. The van der Waals surface area contributed by atoms with E-state index in [0.29, 0.717) is 5.30 Å². The molecule has 1 nitrogen and oxygen atoms in total. The van der Waals surface area contributed by atoms with E-state index in [-0.39, 0.29) is 11.6 Å². The van der Waals surface area contributed by atoms with Gasteiger partial charge in [-0.15, -0.1) is 0 Å². The van der Waals surface area contributed by atoms with Crippen molar-refractivity contribution in [3.05, 3.63) is 279 Å². The second-order valence-corrected chi connectivity index (χ2v) is 26.5. The van der Waals surface area contributed by atoms with Crippen molar-refractivity contribution < 1.29 is 13.3 Å². The summed E-state index contributed by atoms with van der Waals surface area (Å²) in [6.45, 7) is 0. The first-order chi connectivity index (χ1) is 39.9. The van der Waals surface area contributed by atoms with Gasteiger partial charge in [-0.1, -0.05) is 218 Å². The van der Waals surface area contributed by atoms with Gasteiger partial charge in [-0.05, 0) is 202 Å².